The Morgan fingerprint density at radius 3 is 2.17 bits per heavy atom. The van der Waals surface area contributed by atoms with Gasteiger partial charge in [-0.05, 0) is 60.1 Å². The first-order valence-electron chi connectivity index (χ1n) is 8.67. The summed E-state index contributed by atoms with van der Waals surface area (Å²) < 4.78 is 21.9. The maximum Gasteiger partial charge on any atom is 0.273 e. The number of carbonyl (C=O) groups excluding carboxylic acids is 2. The van der Waals surface area contributed by atoms with Crippen molar-refractivity contribution in [2.75, 3.05) is 21.3 Å². The van der Waals surface area contributed by atoms with Crippen molar-refractivity contribution in [3.63, 3.8) is 0 Å². The van der Waals surface area contributed by atoms with Gasteiger partial charge in [-0.1, -0.05) is 0 Å². The largest absolute Gasteiger partial charge is 0.497 e. The van der Waals surface area contributed by atoms with Gasteiger partial charge >= 0.3 is 0 Å². The molecule has 0 radical (unpaired) electrons. The fraction of sp³-hybridized carbons (Fsp3) is 0.300. The van der Waals surface area contributed by atoms with Crippen molar-refractivity contribution in [2.45, 2.75) is 20.0 Å². The first kappa shape index (κ1) is 22.4. The lowest BCUT2D eigenvalue weighted by molar-refractivity contribution is 0.0844. The molecule has 8 nitrogen and oxygen atoms in total. The van der Waals surface area contributed by atoms with E-state index in [1.165, 1.54) is 33.5 Å². The number of methoxy groups -OCH3 is 3. The molecule has 0 atom stereocenters. The fourth-order valence-electron chi connectivity index (χ4n) is 2.48. The molecule has 2 amide bonds. The Morgan fingerprint density at radius 1 is 0.897 bits per heavy atom. The highest BCUT2D eigenvalue weighted by molar-refractivity contribution is 9.10. The third-order valence-corrected chi connectivity index (χ3v) is 4.37. The second kappa shape index (κ2) is 10.0. The number of ether oxygens (including phenoxy) is 4. The third-order valence-electron chi connectivity index (χ3n) is 3.78. The van der Waals surface area contributed by atoms with E-state index in [1.54, 1.807) is 18.2 Å². The summed E-state index contributed by atoms with van der Waals surface area (Å²) in [6, 6.07) is 7.91. The van der Waals surface area contributed by atoms with E-state index in [-0.39, 0.29) is 17.2 Å². The molecular formula is C20H23BrN2O6. The molecule has 0 aliphatic rings. The highest BCUT2D eigenvalue weighted by atomic mass is 79.9. The summed E-state index contributed by atoms with van der Waals surface area (Å²) in [5, 5.41) is 0. The molecule has 0 aliphatic carbocycles. The van der Waals surface area contributed by atoms with Crippen LogP contribution in [0.15, 0.2) is 34.8 Å². The smallest absolute Gasteiger partial charge is 0.273 e. The molecular weight excluding hydrogens is 444 g/mol. The zero-order chi connectivity index (χ0) is 21.6. The van der Waals surface area contributed by atoms with E-state index >= 15 is 0 Å². The summed E-state index contributed by atoms with van der Waals surface area (Å²) in [6.45, 7) is 3.78. The van der Waals surface area contributed by atoms with Gasteiger partial charge in [0, 0.05) is 5.56 Å². The second-order valence-corrected chi connectivity index (χ2v) is 6.98. The normalized spacial score (nSPS) is 10.3. The Kier molecular flexibility index (Phi) is 7.72. The van der Waals surface area contributed by atoms with E-state index in [1.807, 2.05) is 13.8 Å². The van der Waals surface area contributed by atoms with Gasteiger partial charge in [-0.2, -0.15) is 0 Å². The van der Waals surface area contributed by atoms with Crippen molar-refractivity contribution in [3.05, 3.63) is 45.9 Å². The summed E-state index contributed by atoms with van der Waals surface area (Å²) >= 11 is 3.33. The Labute approximate surface area is 177 Å². The van der Waals surface area contributed by atoms with Gasteiger partial charge in [0.15, 0.2) is 11.5 Å². The van der Waals surface area contributed by atoms with Crippen LogP contribution >= 0.6 is 15.9 Å². The first-order chi connectivity index (χ1) is 13.8. The molecule has 0 unspecified atom stereocenters. The van der Waals surface area contributed by atoms with Crippen molar-refractivity contribution in [1.29, 1.82) is 0 Å². The van der Waals surface area contributed by atoms with Crippen molar-refractivity contribution >= 4 is 27.7 Å². The van der Waals surface area contributed by atoms with Crippen LogP contribution in [0, 0.1) is 0 Å². The predicted octanol–water partition coefficient (Wildman–Crippen LogP) is 3.34. The van der Waals surface area contributed by atoms with Crippen molar-refractivity contribution in [2.24, 2.45) is 0 Å². The van der Waals surface area contributed by atoms with Crippen molar-refractivity contribution in [1.82, 2.24) is 10.9 Å². The molecule has 9 heteroatoms. The van der Waals surface area contributed by atoms with Gasteiger partial charge in [0.25, 0.3) is 11.8 Å². The Hall–Kier alpha value is -2.94. The SMILES string of the molecule is COc1cc(Br)c(OC)c(C(=O)NNC(=O)c2ccc(OC(C)C)c(OC)c2)c1. The molecule has 2 rings (SSSR count). The van der Waals surface area contributed by atoms with Crippen LogP contribution in [0.5, 0.6) is 23.0 Å². The summed E-state index contributed by atoms with van der Waals surface area (Å²) in [5.41, 5.74) is 5.22. The van der Waals surface area contributed by atoms with E-state index < -0.39 is 11.8 Å². The zero-order valence-corrected chi connectivity index (χ0v) is 18.4. The lowest BCUT2D eigenvalue weighted by Gasteiger charge is -2.15. The molecule has 2 aromatic carbocycles. The average Bonchev–Trinajstić information content (AvgIpc) is 2.70. The molecule has 2 aromatic rings. The number of carbonyl (C=O) groups is 2. The molecule has 0 spiro atoms. The van der Waals surface area contributed by atoms with E-state index in [0.29, 0.717) is 27.5 Å². The summed E-state index contributed by atoms with van der Waals surface area (Å²) in [6.07, 6.45) is -0.0416. The molecule has 0 fully saturated rings. The molecule has 0 saturated heterocycles. The fourth-order valence-corrected chi connectivity index (χ4v) is 3.08. The first-order valence-corrected chi connectivity index (χ1v) is 9.46. The molecule has 0 aliphatic heterocycles. The van der Waals surface area contributed by atoms with Crippen LogP contribution in [-0.4, -0.2) is 39.2 Å². The topological polar surface area (TPSA) is 95.1 Å². The van der Waals surface area contributed by atoms with Crippen LogP contribution in [0.2, 0.25) is 0 Å². The monoisotopic (exact) mass is 466 g/mol. The molecule has 0 heterocycles. The van der Waals surface area contributed by atoms with Gasteiger partial charge in [0.2, 0.25) is 0 Å². The quantitative estimate of drug-likeness (QED) is 0.607. The van der Waals surface area contributed by atoms with Gasteiger partial charge in [-0.15, -0.1) is 0 Å². The maximum absolute atomic E-state index is 12.6. The molecule has 156 valence electrons. The lowest BCUT2D eigenvalue weighted by atomic mass is 10.1. The van der Waals surface area contributed by atoms with E-state index in [2.05, 4.69) is 26.8 Å². The average molecular weight is 467 g/mol. The number of benzene rings is 2. The number of hydrazine groups is 1. The van der Waals surface area contributed by atoms with E-state index in [9.17, 15) is 9.59 Å². The van der Waals surface area contributed by atoms with E-state index in [4.69, 9.17) is 18.9 Å². The Bertz CT molecular complexity index is 901. The van der Waals surface area contributed by atoms with Gasteiger partial charge in [0.1, 0.15) is 11.5 Å². The lowest BCUT2D eigenvalue weighted by Crippen LogP contribution is -2.41. The maximum atomic E-state index is 12.6. The zero-order valence-electron chi connectivity index (χ0n) is 16.8. The molecule has 2 N–H and O–H groups in total. The van der Waals surface area contributed by atoms with Gasteiger partial charge in [0.05, 0.1) is 37.5 Å². The van der Waals surface area contributed by atoms with Gasteiger partial charge in [-0.3, -0.25) is 20.4 Å². The molecule has 0 bridgehead atoms. The minimum atomic E-state index is -0.568. The number of hydrogen-bond donors (Lipinski definition) is 2. The number of amides is 2. The van der Waals surface area contributed by atoms with Crippen LogP contribution in [-0.2, 0) is 0 Å². The summed E-state index contributed by atoms with van der Waals surface area (Å²) in [5.74, 6) is 0.620. The number of halogens is 1. The van der Waals surface area contributed by atoms with Crippen molar-refractivity contribution < 1.29 is 28.5 Å². The predicted molar refractivity (Wildman–Crippen MR) is 111 cm³/mol. The van der Waals surface area contributed by atoms with Crippen molar-refractivity contribution in [3.8, 4) is 23.0 Å². The van der Waals surface area contributed by atoms with Gasteiger partial charge in [-0.25, -0.2) is 0 Å². The third kappa shape index (κ3) is 5.54. The molecule has 0 aromatic heterocycles. The van der Waals surface area contributed by atoms with Crippen LogP contribution in [0.1, 0.15) is 34.6 Å². The van der Waals surface area contributed by atoms with Crippen LogP contribution in [0.3, 0.4) is 0 Å². The summed E-state index contributed by atoms with van der Waals surface area (Å²) in [4.78, 5) is 25.0. The minimum Gasteiger partial charge on any atom is -0.497 e. The number of hydrogen-bond acceptors (Lipinski definition) is 6. The van der Waals surface area contributed by atoms with Gasteiger partial charge < -0.3 is 18.9 Å². The Balaban J connectivity index is 2.15. The molecule has 29 heavy (non-hydrogen) atoms. The van der Waals surface area contributed by atoms with Crippen LogP contribution < -0.4 is 29.8 Å². The number of rotatable bonds is 7. The van der Waals surface area contributed by atoms with Crippen LogP contribution in [0.4, 0.5) is 0 Å². The number of nitrogens with one attached hydrogen (secondary N) is 2. The van der Waals surface area contributed by atoms with E-state index in [0.717, 1.165) is 0 Å². The Morgan fingerprint density at radius 2 is 1.59 bits per heavy atom. The molecule has 0 saturated carbocycles. The van der Waals surface area contributed by atoms with Crippen LogP contribution in [0.25, 0.3) is 0 Å². The summed E-state index contributed by atoms with van der Waals surface area (Å²) in [7, 11) is 4.41. The highest BCUT2D eigenvalue weighted by Gasteiger charge is 2.19. The second-order valence-electron chi connectivity index (χ2n) is 6.13. The standard InChI is InChI=1S/C20H23BrN2O6/c1-11(2)29-16-7-6-12(8-17(16)27-4)19(24)22-23-20(25)14-9-13(26-3)10-15(21)18(14)28-5/h6-11H,1-5H3,(H,22,24)(H,23,25). The highest BCUT2D eigenvalue weighted by Crippen LogP contribution is 2.33. The minimum absolute atomic E-state index is 0.0416.